The summed E-state index contributed by atoms with van der Waals surface area (Å²) < 4.78 is 37.1. The number of imidazole rings is 1. The average molecular weight is 465 g/mol. The van der Waals surface area contributed by atoms with E-state index in [1.54, 1.807) is 0 Å². The van der Waals surface area contributed by atoms with Crippen molar-refractivity contribution in [1.29, 1.82) is 0 Å². The van der Waals surface area contributed by atoms with Crippen molar-refractivity contribution in [3.8, 4) is 0 Å². The molecular weight excluding hydrogens is 446 g/mol. The van der Waals surface area contributed by atoms with E-state index in [-0.39, 0.29) is 24.0 Å². The van der Waals surface area contributed by atoms with Gasteiger partial charge in [-0.2, -0.15) is 0 Å². The summed E-state index contributed by atoms with van der Waals surface area (Å²) in [6.07, 6.45) is -1.98. The molecule has 0 radical (unpaired) electrons. The van der Waals surface area contributed by atoms with Crippen LogP contribution in [0, 0.1) is 0 Å². The summed E-state index contributed by atoms with van der Waals surface area (Å²) >= 11 is 12.0. The van der Waals surface area contributed by atoms with E-state index in [9.17, 15) is 18.8 Å². The van der Waals surface area contributed by atoms with E-state index in [1.165, 1.54) is 31.4 Å². The van der Waals surface area contributed by atoms with E-state index in [4.69, 9.17) is 42.1 Å². The molecule has 1 aromatic rings. The molecule has 1 aliphatic heterocycles. The number of carbonyl (C=O) groups excluding carboxylic acids is 3. The zero-order valence-corrected chi connectivity index (χ0v) is 17.8. The number of alkyl halides is 2. The maximum Gasteiger partial charge on any atom is 0.303 e. The van der Waals surface area contributed by atoms with Gasteiger partial charge in [-0.25, -0.2) is 9.37 Å². The summed E-state index contributed by atoms with van der Waals surface area (Å²) in [6.45, 7) is 3.30. The molecule has 9 nitrogen and oxygen atoms in total. The van der Waals surface area contributed by atoms with Crippen molar-refractivity contribution >= 4 is 47.2 Å². The summed E-state index contributed by atoms with van der Waals surface area (Å²) in [7, 11) is 0. The molecular formula is C18H19Cl2FN2O7. The molecule has 0 amide bonds. The first kappa shape index (κ1) is 22.5. The molecule has 1 aliphatic carbocycles. The van der Waals surface area contributed by atoms with Crippen molar-refractivity contribution in [2.24, 2.45) is 0 Å². The molecule has 1 aromatic heterocycles. The van der Waals surface area contributed by atoms with E-state index in [2.05, 4.69) is 4.98 Å². The van der Waals surface area contributed by atoms with Crippen LogP contribution < -0.4 is 0 Å². The van der Waals surface area contributed by atoms with E-state index in [0.29, 0.717) is 5.69 Å². The zero-order valence-electron chi connectivity index (χ0n) is 16.3. The monoisotopic (exact) mass is 464 g/mol. The minimum absolute atomic E-state index is 0.0733. The predicted octanol–water partition coefficient (Wildman–Crippen LogP) is 2.33. The number of halogens is 3. The van der Waals surface area contributed by atoms with Gasteiger partial charge in [-0.3, -0.25) is 19.0 Å². The van der Waals surface area contributed by atoms with Crippen LogP contribution in [0.4, 0.5) is 4.39 Å². The van der Waals surface area contributed by atoms with Gasteiger partial charge in [0.05, 0.1) is 11.4 Å². The minimum atomic E-state index is -2.11. The minimum Gasteiger partial charge on any atom is -0.463 e. The number of aromatic nitrogens is 2. The van der Waals surface area contributed by atoms with Gasteiger partial charge in [-0.05, 0) is 23.8 Å². The quantitative estimate of drug-likeness (QED) is 0.371. The normalized spacial score (nSPS) is 29.9. The number of nitrogens with zero attached hydrogens (tertiary/aromatic N) is 2. The fraction of sp³-hybridized carbons (Fsp3) is 0.556. The lowest BCUT2D eigenvalue weighted by molar-refractivity contribution is -0.166. The second-order valence-corrected chi connectivity index (χ2v) is 7.84. The van der Waals surface area contributed by atoms with Crippen LogP contribution in [-0.4, -0.2) is 57.5 Å². The summed E-state index contributed by atoms with van der Waals surface area (Å²) in [4.78, 5) is 38.7. The molecule has 164 valence electrons. The molecule has 3 rings (SSSR count). The molecule has 2 heterocycles. The standard InChI is InChI=1S/C18H19Cl2FN2O7/c1-8(24)27-7-13-14(28-9(2)25)15(29-10(3)26)16(30-13)23-12-4-5-18(20,21)6-11(12)22-17(23)19/h4-5,13-16H,6-7H2,1-3H3/t13-,14-,15-,16+,18?/m1/s1. The first-order chi connectivity index (χ1) is 14.0. The number of hydrogen-bond acceptors (Lipinski definition) is 8. The second-order valence-electron chi connectivity index (χ2n) is 6.87. The number of ether oxygens (including phenoxy) is 4. The molecule has 1 unspecified atom stereocenters. The fourth-order valence-corrected chi connectivity index (χ4v) is 3.87. The summed E-state index contributed by atoms with van der Waals surface area (Å²) in [5.74, 6) is -1.89. The zero-order chi connectivity index (χ0) is 22.2. The molecule has 30 heavy (non-hydrogen) atoms. The highest BCUT2D eigenvalue weighted by Crippen LogP contribution is 2.40. The van der Waals surface area contributed by atoms with Crippen molar-refractivity contribution in [1.82, 2.24) is 9.55 Å². The highest BCUT2D eigenvalue weighted by molar-refractivity contribution is 6.28. The van der Waals surface area contributed by atoms with Gasteiger partial charge in [0.2, 0.25) is 10.4 Å². The van der Waals surface area contributed by atoms with Crippen LogP contribution in [0.5, 0.6) is 0 Å². The molecule has 0 aromatic carbocycles. The summed E-state index contributed by atoms with van der Waals surface area (Å²) in [5.41, 5.74) is 0.670. The Hall–Kier alpha value is -2.17. The van der Waals surface area contributed by atoms with Crippen LogP contribution in [-0.2, 0) is 39.8 Å². The summed E-state index contributed by atoms with van der Waals surface area (Å²) in [6, 6.07) is 0. The third kappa shape index (κ3) is 4.76. The highest BCUT2D eigenvalue weighted by Gasteiger charge is 2.52. The predicted molar refractivity (Wildman–Crippen MR) is 101 cm³/mol. The SMILES string of the molecule is CC(=O)OC[C@H]1O[C@H](n2c(Cl)nc3c2C=CC(F)(Cl)C3)[C@H](OC(C)=O)[C@@H]1OC(C)=O. The molecule has 0 N–H and O–H groups in total. The average Bonchev–Trinajstić information content (AvgIpc) is 3.08. The molecule has 12 heteroatoms. The first-order valence-corrected chi connectivity index (χ1v) is 9.71. The largest absolute Gasteiger partial charge is 0.463 e. The van der Waals surface area contributed by atoms with Crippen LogP contribution in [0.1, 0.15) is 38.4 Å². The fourth-order valence-electron chi connectivity index (χ4n) is 3.39. The highest BCUT2D eigenvalue weighted by atomic mass is 35.5. The van der Waals surface area contributed by atoms with Gasteiger partial charge in [-0.1, -0.05) is 11.6 Å². The lowest BCUT2D eigenvalue weighted by Crippen LogP contribution is -2.40. The third-order valence-electron chi connectivity index (χ3n) is 4.46. The van der Waals surface area contributed by atoms with E-state index >= 15 is 0 Å². The van der Waals surface area contributed by atoms with Gasteiger partial charge in [0.25, 0.3) is 0 Å². The van der Waals surface area contributed by atoms with Gasteiger partial charge in [0.15, 0.2) is 18.4 Å². The van der Waals surface area contributed by atoms with Crippen LogP contribution in [0.3, 0.4) is 0 Å². The topological polar surface area (TPSA) is 106 Å². The Morgan fingerprint density at radius 2 is 1.87 bits per heavy atom. The third-order valence-corrected chi connectivity index (χ3v) is 4.99. The lowest BCUT2D eigenvalue weighted by atomic mass is 10.1. The maximum atomic E-state index is 14.1. The smallest absolute Gasteiger partial charge is 0.303 e. The second kappa shape index (κ2) is 8.52. The van der Waals surface area contributed by atoms with Crippen molar-refractivity contribution in [2.75, 3.05) is 6.61 Å². The number of esters is 3. The Bertz CT molecular complexity index is 901. The van der Waals surface area contributed by atoms with E-state index in [0.717, 1.165) is 6.08 Å². The Balaban J connectivity index is 2.02. The Morgan fingerprint density at radius 3 is 2.47 bits per heavy atom. The van der Waals surface area contributed by atoms with Crippen molar-refractivity contribution < 1.29 is 37.7 Å². The molecule has 0 saturated carbocycles. The number of allylic oxidation sites excluding steroid dienone is 1. The van der Waals surface area contributed by atoms with Gasteiger partial charge < -0.3 is 18.9 Å². The van der Waals surface area contributed by atoms with Crippen molar-refractivity contribution in [2.45, 2.75) is 56.9 Å². The maximum absolute atomic E-state index is 14.1. The summed E-state index contributed by atoms with van der Waals surface area (Å²) in [5, 5.41) is -2.18. The number of carbonyl (C=O) groups is 3. The number of fused-ring (bicyclic) bond motifs is 1. The van der Waals surface area contributed by atoms with E-state index < -0.39 is 47.6 Å². The molecule has 0 spiro atoms. The van der Waals surface area contributed by atoms with Gasteiger partial charge in [0, 0.05) is 27.2 Å². The molecule has 5 atom stereocenters. The van der Waals surface area contributed by atoms with Crippen molar-refractivity contribution in [3.05, 3.63) is 22.7 Å². The first-order valence-electron chi connectivity index (χ1n) is 8.95. The van der Waals surface area contributed by atoms with Gasteiger partial charge >= 0.3 is 17.9 Å². The van der Waals surface area contributed by atoms with Crippen LogP contribution in [0.25, 0.3) is 6.08 Å². The molecule has 1 saturated heterocycles. The van der Waals surface area contributed by atoms with E-state index in [1.807, 2.05) is 0 Å². The Kier molecular flexibility index (Phi) is 6.40. The van der Waals surface area contributed by atoms with Crippen molar-refractivity contribution in [3.63, 3.8) is 0 Å². The van der Waals surface area contributed by atoms with Gasteiger partial charge in [-0.15, -0.1) is 0 Å². The van der Waals surface area contributed by atoms with Gasteiger partial charge in [0.1, 0.15) is 12.7 Å². The number of hydrogen-bond donors (Lipinski definition) is 0. The molecule has 1 fully saturated rings. The molecule has 2 aliphatic rings. The van der Waals surface area contributed by atoms with Crippen LogP contribution in [0.2, 0.25) is 5.28 Å². The Morgan fingerprint density at radius 1 is 1.23 bits per heavy atom. The van der Waals surface area contributed by atoms with Crippen LogP contribution >= 0.6 is 23.2 Å². The number of rotatable bonds is 5. The molecule has 0 bridgehead atoms. The Labute approximate surface area is 181 Å². The lowest BCUT2D eigenvalue weighted by Gasteiger charge is -2.25. The van der Waals surface area contributed by atoms with Crippen LogP contribution in [0.15, 0.2) is 6.08 Å².